The highest BCUT2D eigenvalue weighted by Gasteiger charge is 2.27. The summed E-state index contributed by atoms with van der Waals surface area (Å²) in [5.41, 5.74) is 2.08. The predicted molar refractivity (Wildman–Crippen MR) is 101 cm³/mol. The summed E-state index contributed by atoms with van der Waals surface area (Å²) in [6, 6.07) is 8.13. The largest absolute Gasteiger partial charge is 0.465 e. The van der Waals surface area contributed by atoms with Gasteiger partial charge in [0.1, 0.15) is 0 Å². The van der Waals surface area contributed by atoms with Crippen LogP contribution in [0, 0.1) is 5.92 Å². The fourth-order valence-electron chi connectivity index (χ4n) is 4.70. The van der Waals surface area contributed by atoms with E-state index in [4.69, 9.17) is 5.11 Å². The Morgan fingerprint density at radius 1 is 1.00 bits per heavy atom. The fraction of sp³-hybridized carbons (Fsp3) is 0.600. The highest BCUT2D eigenvalue weighted by Crippen LogP contribution is 2.28. The number of imidazole rings is 1. The van der Waals surface area contributed by atoms with E-state index in [9.17, 15) is 9.59 Å². The second-order valence-electron chi connectivity index (χ2n) is 7.76. The number of likely N-dealkylation sites (tertiary alicyclic amines) is 1. The van der Waals surface area contributed by atoms with E-state index in [-0.39, 0.29) is 11.7 Å². The summed E-state index contributed by atoms with van der Waals surface area (Å²) in [5, 5.41) is 9.16. The van der Waals surface area contributed by atoms with Crippen molar-refractivity contribution < 1.29 is 9.90 Å². The van der Waals surface area contributed by atoms with Gasteiger partial charge in [0.2, 0.25) is 0 Å². The van der Waals surface area contributed by atoms with Gasteiger partial charge in [-0.25, -0.2) is 9.59 Å². The van der Waals surface area contributed by atoms with E-state index in [0.29, 0.717) is 31.8 Å². The standard InChI is InChI=1S/C20H27N3O3/c24-19-22(14-15-6-2-1-3-7-15)17-8-4-5-9-18(17)23(19)16-10-12-21(13-11-16)20(25)26/h4-5,8-9,15-16H,1-3,6-7,10-14H2,(H,25,26). The van der Waals surface area contributed by atoms with Crippen molar-refractivity contribution in [3.8, 4) is 0 Å². The summed E-state index contributed by atoms with van der Waals surface area (Å²) in [7, 11) is 0. The summed E-state index contributed by atoms with van der Waals surface area (Å²) >= 11 is 0. The number of carboxylic acid groups (broad SMARTS) is 1. The number of benzene rings is 1. The molecule has 1 aliphatic carbocycles. The van der Waals surface area contributed by atoms with Crippen LogP contribution in [-0.4, -0.2) is 38.3 Å². The first-order valence-electron chi connectivity index (χ1n) is 9.83. The maximum Gasteiger partial charge on any atom is 0.407 e. The van der Waals surface area contributed by atoms with Crippen molar-refractivity contribution in [3.63, 3.8) is 0 Å². The molecule has 26 heavy (non-hydrogen) atoms. The Hall–Kier alpha value is -2.24. The first-order chi connectivity index (χ1) is 12.6. The van der Waals surface area contributed by atoms with Gasteiger partial charge >= 0.3 is 11.8 Å². The first-order valence-corrected chi connectivity index (χ1v) is 9.83. The van der Waals surface area contributed by atoms with Gasteiger partial charge in [0.15, 0.2) is 0 Å². The predicted octanol–water partition coefficient (Wildman–Crippen LogP) is 3.70. The maximum absolute atomic E-state index is 13.3. The second-order valence-corrected chi connectivity index (χ2v) is 7.76. The lowest BCUT2D eigenvalue weighted by Crippen LogP contribution is -2.40. The van der Waals surface area contributed by atoms with Crippen LogP contribution in [-0.2, 0) is 6.54 Å². The highest BCUT2D eigenvalue weighted by atomic mass is 16.4. The average molecular weight is 357 g/mol. The molecule has 2 aliphatic rings. The Morgan fingerprint density at radius 3 is 2.31 bits per heavy atom. The zero-order chi connectivity index (χ0) is 18.1. The molecular weight excluding hydrogens is 330 g/mol. The van der Waals surface area contributed by atoms with Crippen molar-refractivity contribution >= 4 is 17.1 Å². The SMILES string of the molecule is O=C(O)N1CCC(n2c(=O)n(CC3CCCCC3)c3ccccc32)CC1. The molecular formula is C20H27N3O3. The molecule has 1 aromatic carbocycles. The number of carbonyl (C=O) groups is 1. The minimum Gasteiger partial charge on any atom is -0.465 e. The van der Waals surface area contributed by atoms with E-state index in [0.717, 1.165) is 17.6 Å². The van der Waals surface area contributed by atoms with Crippen LogP contribution >= 0.6 is 0 Å². The van der Waals surface area contributed by atoms with Crippen LogP contribution in [0.3, 0.4) is 0 Å². The van der Waals surface area contributed by atoms with Crippen LogP contribution < -0.4 is 5.69 Å². The quantitative estimate of drug-likeness (QED) is 0.911. The van der Waals surface area contributed by atoms with E-state index in [1.807, 2.05) is 33.4 Å². The molecule has 1 saturated carbocycles. The highest BCUT2D eigenvalue weighted by molar-refractivity contribution is 5.76. The van der Waals surface area contributed by atoms with Crippen molar-refractivity contribution in [1.29, 1.82) is 0 Å². The van der Waals surface area contributed by atoms with Crippen molar-refractivity contribution in [1.82, 2.24) is 14.0 Å². The van der Waals surface area contributed by atoms with E-state index in [2.05, 4.69) is 0 Å². The molecule has 0 unspecified atom stereocenters. The van der Waals surface area contributed by atoms with E-state index in [1.165, 1.54) is 37.0 Å². The van der Waals surface area contributed by atoms with Crippen molar-refractivity contribution in [2.24, 2.45) is 5.92 Å². The lowest BCUT2D eigenvalue weighted by molar-refractivity contribution is 0.125. The van der Waals surface area contributed by atoms with Crippen LogP contribution in [0.15, 0.2) is 29.1 Å². The summed E-state index contributed by atoms with van der Waals surface area (Å²) < 4.78 is 3.90. The molecule has 2 heterocycles. The molecule has 6 heteroatoms. The number of para-hydroxylation sites is 2. The number of rotatable bonds is 3. The molecule has 1 aromatic heterocycles. The maximum atomic E-state index is 13.3. The molecule has 2 aromatic rings. The number of fused-ring (bicyclic) bond motifs is 1. The minimum absolute atomic E-state index is 0.0746. The van der Waals surface area contributed by atoms with Gasteiger partial charge < -0.3 is 10.0 Å². The molecule has 0 radical (unpaired) electrons. The molecule has 0 spiro atoms. The van der Waals surface area contributed by atoms with E-state index < -0.39 is 6.09 Å². The Balaban J connectivity index is 1.66. The van der Waals surface area contributed by atoms with Crippen molar-refractivity contribution in [3.05, 3.63) is 34.7 Å². The second kappa shape index (κ2) is 7.17. The van der Waals surface area contributed by atoms with Gasteiger partial charge in [0.25, 0.3) is 0 Å². The van der Waals surface area contributed by atoms with Crippen LogP contribution in [0.4, 0.5) is 4.79 Å². The van der Waals surface area contributed by atoms with Crippen LogP contribution in [0.5, 0.6) is 0 Å². The number of hydrogen-bond donors (Lipinski definition) is 1. The molecule has 0 bridgehead atoms. The minimum atomic E-state index is -0.865. The fourth-order valence-corrected chi connectivity index (χ4v) is 4.70. The Kier molecular flexibility index (Phi) is 4.74. The average Bonchev–Trinajstić information content (AvgIpc) is 2.95. The van der Waals surface area contributed by atoms with Gasteiger partial charge in [-0.15, -0.1) is 0 Å². The third kappa shape index (κ3) is 3.13. The molecule has 2 fully saturated rings. The van der Waals surface area contributed by atoms with Crippen LogP contribution in [0.2, 0.25) is 0 Å². The zero-order valence-electron chi connectivity index (χ0n) is 15.1. The molecule has 140 valence electrons. The molecule has 1 N–H and O–H groups in total. The van der Waals surface area contributed by atoms with Gasteiger partial charge in [-0.3, -0.25) is 9.13 Å². The molecule has 1 saturated heterocycles. The number of piperidine rings is 1. The van der Waals surface area contributed by atoms with Crippen molar-refractivity contribution in [2.75, 3.05) is 13.1 Å². The summed E-state index contributed by atoms with van der Waals surface area (Å²) in [4.78, 5) is 25.9. The normalized spacial score (nSPS) is 19.9. The van der Waals surface area contributed by atoms with Crippen LogP contribution in [0.1, 0.15) is 51.0 Å². The van der Waals surface area contributed by atoms with Gasteiger partial charge in [-0.05, 0) is 43.7 Å². The van der Waals surface area contributed by atoms with Gasteiger partial charge in [-0.2, -0.15) is 0 Å². The number of aromatic nitrogens is 2. The Morgan fingerprint density at radius 2 is 1.65 bits per heavy atom. The summed E-state index contributed by atoms with van der Waals surface area (Å²) in [6.07, 6.45) is 6.81. The number of hydrogen-bond acceptors (Lipinski definition) is 2. The number of nitrogens with zero attached hydrogens (tertiary/aromatic N) is 3. The third-order valence-corrected chi connectivity index (χ3v) is 6.13. The van der Waals surface area contributed by atoms with E-state index >= 15 is 0 Å². The molecule has 4 rings (SSSR count). The van der Waals surface area contributed by atoms with Gasteiger partial charge in [0, 0.05) is 25.7 Å². The molecule has 0 atom stereocenters. The van der Waals surface area contributed by atoms with E-state index in [1.54, 1.807) is 0 Å². The number of amides is 1. The van der Waals surface area contributed by atoms with Gasteiger partial charge in [-0.1, -0.05) is 31.4 Å². The topological polar surface area (TPSA) is 67.5 Å². The first kappa shape index (κ1) is 17.2. The molecule has 1 amide bonds. The third-order valence-electron chi connectivity index (χ3n) is 6.13. The smallest absolute Gasteiger partial charge is 0.407 e. The van der Waals surface area contributed by atoms with Crippen molar-refractivity contribution in [2.45, 2.75) is 57.5 Å². The monoisotopic (exact) mass is 357 g/mol. The molecule has 1 aliphatic heterocycles. The summed E-state index contributed by atoms with van der Waals surface area (Å²) in [6.45, 7) is 1.80. The lowest BCUT2D eigenvalue weighted by Gasteiger charge is -2.30. The zero-order valence-corrected chi connectivity index (χ0v) is 15.1. The Labute approximate surface area is 153 Å². The molecule has 6 nitrogen and oxygen atoms in total. The lowest BCUT2D eigenvalue weighted by atomic mass is 9.89. The Bertz CT molecular complexity index is 840. The van der Waals surface area contributed by atoms with Crippen LogP contribution in [0.25, 0.3) is 11.0 Å². The summed E-state index contributed by atoms with van der Waals surface area (Å²) in [5.74, 6) is 0.592. The van der Waals surface area contributed by atoms with Gasteiger partial charge in [0.05, 0.1) is 11.0 Å².